The van der Waals surface area contributed by atoms with Crippen LogP contribution in [0.25, 0.3) is 10.9 Å². The Morgan fingerprint density at radius 2 is 2.06 bits per heavy atom. The number of methoxy groups -OCH3 is 1. The minimum absolute atomic E-state index is 0.159. The molecule has 180 valence electrons. The number of carboxylic acid groups (broad SMARTS) is 1. The van der Waals surface area contributed by atoms with E-state index in [1.165, 1.54) is 0 Å². The predicted molar refractivity (Wildman–Crippen MR) is 138 cm³/mol. The van der Waals surface area contributed by atoms with Crippen LogP contribution in [0, 0.1) is 6.92 Å². The zero-order chi connectivity index (χ0) is 24.5. The van der Waals surface area contributed by atoms with Gasteiger partial charge in [0, 0.05) is 55.0 Å². The second-order valence-corrected chi connectivity index (χ2v) is 9.24. The topological polar surface area (TPSA) is 81.7 Å². The Morgan fingerprint density at radius 3 is 2.80 bits per heavy atom. The van der Waals surface area contributed by atoms with Crippen molar-refractivity contribution in [3.05, 3.63) is 88.2 Å². The number of anilines is 1. The van der Waals surface area contributed by atoms with Crippen molar-refractivity contribution in [3.8, 4) is 5.75 Å². The van der Waals surface area contributed by atoms with Gasteiger partial charge in [-0.05, 0) is 48.4 Å². The van der Waals surface area contributed by atoms with Crippen molar-refractivity contribution in [1.82, 2.24) is 14.9 Å². The van der Waals surface area contributed by atoms with Gasteiger partial charge in [-0.1, -0.05) is 29.8 Å². The number of nitrogens with zero attached hydrogens (tertiary/aromatic N) is 3. The number of halogens is 1. The molecule has 5 rings (SSSR count). The molecule has 1 aliphatic heterocycles. The van der Waals surface area contributed by atoms with Crippen molar-refractivity contribution < 1.29 is 14.6 Å². The first kappa shape index (κ1) is 23.2. The van der Waals surface area contributed by atoms with E-state index >= 15 is 0 Å². The monoisotopic (exact) mass is 490 g/mol. The highest BCUT2D eigenvalue weighted by atomic mass is 35.5. The number of hydrogen-bond donors (Lipinski definition) is 2. The van der Waals surface area contributed by atoms with Crippen LogP contribution in [-0.2, 0) is 6.54 Å². The van der Waals surface area contributed by atoms with Gasteiger partial charge >= 0.3 is 5.97 Å². The molecule has 1 unspecified atom stereocenters. The molecule has 7 nitrogen and oxygen atoms in total. The van der Waals surface area contributed by atoms with Gasteiger partial charge < -0.3 is 19.7 Å². The number of ether oxygens (including phenoxy) is 1. The van der Waals surface area contributed by atoms with Crippen molar-refractivity contribution in [2.45, 2.75) is 19.5 Å². The van der Waals surface area contributed by atoms with E-state index in [4.69, 9.17) is 16.3 Å². The molecule has 35 heavy (non-hydrogen) atoms. The van der Waals surface area contributed by atoms with Gasteiger partial charge in [-0.3, -0.25) is 4.90 Å². The third kappa shape index (κ3) is 4.45. The molecule has 1 fully saturated rings. The number of pyridine rings is 1. The molecule has 1 atom stereocenters. The van der Waals surface area contributed by atoms with Crippen LogP contribution in [0.2, 0.25) is 5.02 Å². The maximum Gasteiger partial charge on any atom is 0.336 e. The molecule has 2 aromatic carbocycles. The van der Waals surface area contributed by atoms with Gasteiger partial charge in [0.2, 0.25) is 0 Å². The average molecular weight is 491 g/mol. The van der Waals surface area contributed by atoms with Crippen molar-refractivity contribution in [2.24, 2.45) is 0 Å². The molecule has 0 aliphatic carbocycles. The van der Waals surface area contributed by atoms with Crippen LogP contribution in [-0.4, -0.2) is 52.7 Å². The second-order valence-electron chi connectivity index (χ2n) is 8.80. The molecule has 2 N–H and O–H groups in total. The third-order valence-electron chi connectivity index (χ3n) is 6.77. The molecule has 0 amide bonds. The molecule has 4 aromatic rings. The zero-order valence-electron chi connectivity index (χ0n) is 19.7. The summed E-state index contributed by atoms with van der Waals surface area (Å²) in [7, 11) is 1.69. The minimum atomic E-state index is -0.928. The Hall–Kier alpha value is -3.55. The summed E-state index contributed by atoms with van der Waals surface area (Å²) in [4.78, 5) is 24.5. The smallest absolute Gasteiger partial charge is 0.336 e. The quantitative estimate of drug-likeness (QED) is 0.382. The second kappa shape index (κ2) is 9.60. The van der Waals surface area contributed by atoms with Crippen molar-refractivity contribution in [3.63, 3.8) is 0 Å². The van der Waals surface area contributed by atoms with E-state index in [2.05, 4.69) is 38.8 Å². The minimum Gasteiger partial charge on any atom is -0.496 e. The third-order valence-corrected chi connectivity index (χ3v) is 6.99. The van der Waals surface area contributed by atoms with E-state index in [1.54, 1.807) is 25.4 Å². The number of carbonyl (C=O) groups is 1. The molecule has 2 aromatic heterocycles. The standard InChI is InChI=1S/C27H27ClN4O3/c1-17-13-24(35-2)22(20-9-10-29-26(17)20)15-31-11-12-32(25-8-7-18(28)14-30-25)16-23(31)19-5-3-4-6-21(19)27(33)34/h3-10,13-14,23,29H,11-12,15-16H2,1-2H3,(H,33,34). The zero-order valence-corrected chi connectivity index (χ0v) is 20.4. The largest absolute Gasteiger partial charge is 0.496 e. The fourth-order valence-electron chi connectivity index (χ4n) is 5.03. The summed E-state index contributed by atoms with van der Waals surface area (Å²) < 4.78 is 5.78. The fourth-order valence-corrected chi connectivity index (χ4v) is 5.15. The van der Waals surface area contributed by atoms with Crippen LogP contribution < -0.4 is 9.64 Å². The number of aryl methyl sites for hydroxylation is 1. The summed E-state index contributed by atoms with van der Waals surface area (Å²) in [6.45, 7) is 4.77. The summed E-state index contributed by atoms with van der Waals surface area (Å²) >= 11 is 6.05. The first-order valence-electron chi connectivity index (χ1n) is 11.5. The lowest BCUT2D eigenvalue weighted by atomic mass is 9.95. The number of hydrogen-bond acceptors (Lipinski definition) is 5. The number of benzene rings is 2. The fraction of sp³-hybridized carbons (Fsp3) is 0.259. The summed E-state index contributed by atoms with van der Waals surface area (Å²) in [6, 6.07) is 15.0. The molecular weight excluding hydrogens is 464 g/mol. The molecule has 0 spiro atoms. The SMILES string of the molecule is COc1cc(C)c2[nH]ccc2c1CN1CCN(c2ccc(Cl)cn2)CC1c1ccccc1C(=O)O. The Labute approximate surface area is 208 Å². The molecular formula is C27H27ClN4O3. The number of piperazine rings is 1. The van der Waals surface area contributed by atoms with Crippen LogP contribution in [0.15, 0.2) is 60.9 Å². The van der Waals surface area contributed by atoms with E-state index < -0.39 is 5.97 Å². The number of nitrogens with one attached hydrogen (secondary N) is 1. The van der Waals surface area contributed by atoms with Gasteiger partial charge in [0.15, 0.2) is 0 Å². The Kier molecular flexibility index (Phi) is 6.36. The number of aromatic carboxylic acids is 1. The van der Waals surface area contributed by atoms with Crippen LogP contribution >= 0.6 is 11.6 Å². The Morgan fingerprint density at radius 1 is 1.23 bits per heavy atom. The first-order valence-corrected chi connectivity index (χ1v) is 11.9. The number of carboxylic acids is 1. The number of H-pyrrole nitrogens is 1. The van der Waals surface area contributed by atoms with E-state index in [9.17, 15) is 9.90 Å². The lowest BCUT2D eigenvalue weighted by molar-refractivity contribution is 0.0691. The van der Waals surface area contributed by atoms with Gasteiger partial charge in [-0.25, -0.2) is 9.78 Å². The van der Waals surface area contributed by atoms with E-state index in [0.717, 1.165) is 52.3 Å². The number of rotatable bonds is 6. The number of fused-ring (bicyclic) bond motifs is 1. The molecule has 1 aliphatic rings. The van der Waals surface area contributed by atoms with Crippen molar-refractivity contribution in [2.75, 3.05) is 31.6 Å². The molecule has 3 heterocycles. The maximum absolute atomic E-state index is 12.1. The summed E-state index contributed by atoms with van der Waals surface area (Å²) in [5, 5.41) is 11.6. The van der Waals surface area contributed by atoms with E-state index in [-0.39, 0.29) is 6.04 Å². The first-order chi connectivity index (χ1) is 17.0. The van der Waals surface area contributed by atoms with Crippen LogP contribution in [0.5, 0.6) is 5.75 Å². The van der Waals surface area contributed by atoms with Crippen molar-refractivity contribution >= 4 is 34.3 Å². The lowest BCUT2D eigenvalue weighted by Gasteiger charge is -2.43. The molecule has 1 saturated heterocycles. The number of aromatic amines is 1. The Balaban J connectivity index is 1.56. The normalized spacial score (nSPS) is 16.5. The van der Waals surface area contributed by atoms with Gasteiger partial charge in [0.1, 0.15) is 11.6 Å². The van der Waals surface area contributed by atoms with E-state index in [0.29, 0.717) is 23.7 Å². The van der Waals surface area contributed by atoms with Crippen LogP contribution in [0.1, 0.15) is 33.1 Å². The van der Waals surface area contributed by atoms with E-state index in [1.807, 2.05) is 30.5 Å². The van der Waals surface area contributed by atoms with Crippen LogP contribution in [0.4, 0.5) is 5.82 Å². The number of aromatic nitrogens is 2. The molecule has 0 saturated carbocycles. The highest BCUT2D eigenvalue weighted by molar-refractivity contribution is 6.30. The highest BCUT2D eigenvalue weighted by Gasteiger charge is 2.32. The lowest BCUT2D eigenvalue weighted by Crippen LogP contribution is -2.48. The predicted octanol–water partition coefficient (Wildman–Crippen LogP) is 5.30. The molecule has 8 heteroatoms. The van der Waals surface area contributed by atoms with Gasteiger partial charge in [-0.15, -0.1) is 0 Å². The maximum atomic E-state index is 12.1. The molecule has 0 radical (unpaired) electrons. The van der Waals surface area contributed by atoms with Crippen molar-refractivity contribution in [1.29, 1.82) is 0 Å². The van der Waals surface area contributed by atoms with Gasteiger partial charge in [0.05, 0.1) is 23.7 Å². The highest BCUT2D eigenvalue weighted by Crippen LogP contribution is 2.36. The van der Waals surface area contributed by atoms with Gasteiger partial charge in [-0.2, -0.15) is 0 Å². The average Bonchev–Trinajstić information content (AvgIpc) is 3.37. The van der Waals surface area contributed by atoms with Gasteiger partial charge in [0.25, 0.3) is 0 Å². The van der Waals surface area contributed by atoms with Crippen LogP contribution in [0.3, 0.4) is 0 Å². The summed E-state index contributed by atoms with van der Waals surface area (Å²) in [5.41, 5.74) is 4.40. The summed E-state index contributed by atoms with van der Waals surface area (Å²) in [6.07, 6.45) is 3.59. The summed E-state index contributed by atoms with van der Waals surface area (Å²) in [5.74, 6) is 0.734. The Bertz CT molecular complexity index is 1370. The molecule has 0 bridgehead atoms.